The van der Waals surface area contributed by atoms with Crippen molar-refractivity contribution >= 4 is 29.1 Å². The number of hydrogen-bond donors (Lipinski definition) is 2. The van der Waals surface area contributed by atoms with Gasteiger partial charge in [0.05, 0.1) is 17.1 Å². The molecule has 0 bridgehead atoms. The maximum absolute atomic E-state index is 10.8. The molecule has 1 aromatic rings. The van der Waals surface area contributed by atoms with Crippen molar-refractivity contribution in [3.05, 3.63) is 22.2 Å². The van der Waals surface area contributed by atoms with Gasteiger partial charge in [0.25, 0.3) is 5.69 Å². The third kappa shape index (κ3) is 4.48. The summed E-state index contributed by atoms with van der Waals surface area (Å²) in [6, 6.07) is 2.88. The van der Waals surface area contributed by atoms with Crippen molar-refractivity contribution < 1.29 is 4.92 Å². The normalized spacial score (nSPS) is 10.0. The van der Waals surface area contributed by atoms with Crippen LogP contribution in [0.1, 0.15) is 6.92 Å². The predicted molar refractivity (Wildman–Crippen MR) is 71.9 cm³/mol. The third-order valence-corrected chi connectivity index (χ3v) is 2.60. The highest BCUT2D eigenvalue weighted by Crippen LogP contribution is 2.20. The number of nitrogens with one attached hydrogen (secondary N) is 2. The highest BCUT2D eigenvalue weighted by Gasteiger charge is 2.10. The van der Waals surface area contributed by atoms with Crippen molar-refractivity contribution in [1.29, 1.82) is 0 Å². The molecule has 0 amide bonds. The standard InChI is InChI=1S/C10H16N4O2S/c1-3-11-9-6-8(14(15)16)7-10(13-9)12-4-5-17-2/h6-7H,3-5H2,1-2H3,(H2,11,12,13). The highest BCUT2D eigenvalue weighted by molar-refractivity contribution is 7.98. The number of pyridine rings is 1. The minimum absolute atomic E-state index is 0.0441. The Morgan fingerprint density at radius 1 is 1.41 bits per heavy atom. The molecule has 0 aliphatic carbocycles. The van der Waals surface area contributed by atoms with E-state index in [0.29, 0.717) is 18.2 Å². The first-order chi connectivity index (χ1) is 8.17. The van der Waals surface area contributed by atoms with Crippen LogP contribution in [0, 0.1) is 10.1 Å². The molecule has 0 spiro atoms. The van der Waals surface area contributed by atoms with Crippen molar-refractivity contribution in [2.45, 2.75) is 6.92 Å². The van der Waals surface area contributed by atoms with Gasteiger partial charge in [-0.1, -0.05) is 0 Å². The van der Waals surface area contributed by atoms with Crippen LogP contribution in [0.25, 0.3) is 0 Å². The van der Waals surface area contributed by atoms with Crippen molar-refractivity contribution in [3.8, 4) is 0 Å². The van der Waals surface area contributed by atoms with Gasteiger partial charge in [0.2, 0.25) is 0 Å². The van der Waals surface area contributed by atoms with Gasteiger partial charge >= 0.3 is 0 Å². The first-order valence-corrected chi connectivity index (χ1v) is 6.70. The van der Waals surface area contributed by atoms with E-state index in [-0.39, 0.29) is 5.69 Å². The number of aromatic nitrogens is 1. The molecule has 1 heterocycles. The molecule has 6 nitrogen and oxygen atoms in total. The molecule has 0 aliphatic heterocycles. The second-order valence-electron chi connectivity index (χ2n) is 3.30. The molecule has 0 unspecified atom stereocenters. The molecule has 0 atom stereocenters. The van der Waals surface area contributed by atoms with E-state index in [0.717, 1.165) is 12.3 Å². The lowest BCUT2D eigenvalue weighted by Crippen LogP contribution is -2.08. The molecule has 0 saturated carbocycles. The Morgan fingerprint density at radius 3 is 2.59 bits per heavy atom. The van der Waals surface area contributed by atoms with Crippen LogP contribution in [0.5, 0.6) is 0 Å². The molecule has 0 saturated heterocycles. The molecular weight excluding hydrogens is 240 g/mol. The summed E-state index contributed by atoms with van der Waals surface area (Å²) < 4.78 is 0. The molecule has 17 heavy (non-hydrogen) atoms. The van der Waals surface area contributed by atoms with E-state index in [2.05, 4.69) is 15.6 Å². The Bertz CT molecular complexity index is 387. The summed E-state index contributed by atoms with van der Waals surface area (Å²) in [5.41, 5.74) is 0.0441. The molecule has 0 aliphatic rings. The molecule has 0 radical (unpaired) electrons. The maximum atomic E-state index is 10.8. The molecule has 1 rings (SSSR count). The Balaban J connectivity index is 2.83. The lowest BCUT2D eigenvalue weighted by molar-refractivity contribution is -0.384. The van der Waals surface area contributed by atoms with E-state index in [9.17, 15) is 10.1 Å². The van der Waals surface area contributed by atoms with Crippen molar-refractivity contribution in [2.75, 3.05) is 35.7 Å². The van der Waals surface area contributed by atoms with E-state index in [4.69, 9.17) is 0 Å². The fraction of sp³-hybridized carbons (Fsp3) is 0.500. The van der Waals surface area contributed by atoms with Crippen molar-refractivity contribution in [1.82, 2.24) is 4.98 Å². The number of nitrogens with zero attached hydrogens (tertiary/aromatic N) is 2. The van der Waals surface area contributed by atoms with Crippen LogP contribution in [-0.4, -0.2) is 35.0 Å². The van der Waals surface area contributed by atoms with Crippen LogP contribution in [0.4, 0.5) is 17.3 Å². The number of nitro groups is 1. The van der Waals surface area contributed by atoms with E-state index >= 15 is 0 Å². The summed E-state index contributed by atoms with van der Waals surface area (Å²) in [6.07, 6.45) is 2.01. The van der Waals surface area contributed by atoms with E-state index in [1.807, 2.05) is 13.2 Å². The summed E-state index contributed by atoms with van der Waals surface area (Å²) in [6.45, 7) is 3.33. The van der Waals surface area contributed by atoms with Gasteiger partial charge in [-0.2, -0.15) is 11.8 Å². The zero-order chi connectivity index (χ0) is 12.7. The monoisotopic (exact) mass is 256 g/mol. The topological polar surface area (TPSA) is 80.1 Å². The Morgan fingerprint density at radius 2 is 2.06 bits per heavy atom. The second-order valence-corrected chi connectivity index (χ2v) is 4.29. The third-order valence-electron chi connectivity index (χ3n) is 1.99. The first-order valence-electron chi connectivity index (χ1n) is 5.30. The predicted octanol–water partition coefficient (Wildman–Crippen LogP) is 2.20. The van der Waals surface area contributed by atoms with Gasteiger partial charge in [-0.25, -0.2) is 4.98 Å². The van der Waals surface area contributed by atoms with Crippen molar-refractivity contribution in [3.63, 3.8) is 0 Å². The smallest absolute Gasteiger partial charge is 0.276 e. The Kier molecular flexibility index (Phi) is 5.55. The van der Waals surface area contributed by atoms with Crippen LogP contribution in [0.2, 0.25) is 0 Å². The van der Waals surface area contributed by atoms with Gasteiger partial charge in [0.1, 0.15) is 11.6 Å². The molecule has 7 heteroatoms. The summed E-state index contributed by atoms with van der Waals surface area (Å²) in [4.78, 5) is 14.6. The number of anilines is 2. The minimum Gasteiger partial charge on any atom is -0.370 e. The molecule has 0 aromatic carbocycles. The van der Waals surface area contributed by atoms with Gasteiger partial charge in [0.15, 0.2) is 0 Å². The molecule has 1 aromatic heterocycles. The largest absolute Gasteiger partial charge is 0.370 e. The summed E-state index contributed by atoms with van der Waals surface area (Å²) in [7, 11) is 0. The maximum Gasteiger partial charge on any atom is 0.276 e. The van der Waals surface area contributed by atoms with Crippen LogP contribution in [0.3, 0.4) is 0 Å². The highest BCUT2D eigenvalue weighted by atomic mass is 32.2. The summed E-state index contributed by atoms with van der Waals surface area (Å²) in [5, 5.41) is 16.8. The molecular formula is C10H16N4O2S. The Labute approximate surface area is 104 Å². The van der Waals surface area contributed by atoms with Gasteiger partial charge in [0, 0.05) is 18.8 Å². The Hall–Kier alpha value is -1.50. The average Bonchev–Trinajstić information content (AvgIpc) is 2.29. The average molecular weight is 256 g/mol. The van der Waals surface area contributed by atoms with Gasteiger partial charge in [-0.15, -0.1) is 0 Å². The van der Waals surface area contributed by atoms with Crippen LogP contribution < -0.4 is 10.6 Å². The molecule has 2 N–H and O–H groups in total. The number of thioether (sulfide) groups is 1. The number of hydrogen-bond acceptors (Lipinski definition) is 6. The van der Waals surface area contributed by atoms with Crippen LogP contribution in [-0.2, 0) is 0 Å². The molecule has 0 fully saturated rings. The fourth-order valence-corrected chi connectivity index (χ4v) is 1.57. The van der Waals surface area contributed by atoms with Gasteiger partial charge < -0.3 is 10.6 Å². The van der Waals surface area contributed by atoms with Gasteiger partial charge in [-0.3, -0.25) is 10.1 Å². The summed E-state index contributed by atoms with van der Waals surface area (Å²) >= 11 is 1.71. The lowest BCUT2D eigenvalue weighted by Gasteiger charge is -2.07. The number of rotatable bonds is 7. The lowest BCUT2D eigenvalue weighted by atomic mass is 10.3. The second kappa shape index (κ2) is 6.95. The van der Waals surface area contributed by atoms with Gasteiger partial charge in [-0.05, 0) is 13.2 Å². The van der Waals surface area contributed by atoms with Crippen LogP contribution in [0.15, 0.2) is 12.1 Å². The van der Waals surface area contributed by atoms with Crippen LogP contribution >= 0.6 is 11.8 Å². The first kappa shape index (κ1) is 13.6. The quantitative estimate of drug-likeness (QED) is 0.442. The zero-order valence-corrected chi connectivity index (χ0v) is 10.7. The molecule has 94 valence electrons. The zero-order valence-electron chi connectivity index (χ0n) is 9.90. The SMILES string of the molecule is CCNc1cc([N+](=O)[O-])cc(NCCSC)n1. The fourth-order valence-electron chi connectivity index (χ4n) is 1.26. The minimum atomic E-state index is -0.414. The van der Waals surface area contributed by atoms with E-state index in [1.165, 1.54) is 12.1 Å². The van der Waals surface area contributed by atoms with E-state index < -0.39 is 4.92 Å². The van der Waals surface area contributed by atoms with Crippen molar-refractivity contribution in [2.24, 2.45) is 0 Å². The van der Waals surface area contributed by atoms with E-state index in [1.54, 1.807) is 11.8 Å². The summed E-state index contributed by atoms with van der Waals surface area (Å²) in [5.74, 6) is 1.98.